The van der Waals surface area contributed by atoms with Crippen molar-refractivity contribution < 1.29 is 40.3 Å². The van der Waals surface area contributed by atoms with E-state index in [2.05, 4.69) is 0 Å². The first-order valence-electron chi connectivity index (χ1n) is 7.49. The van der Waals surface area contributed by atoms with E-state index in [1.165, 1.54) is 0 Å². The minimum absolute atomic E-state index is 0.301. The molecule has 0 amide bonds. The molecule has 0 unspecified atom stereocenters. The van der Waals surface area contributed by atoms with Gasteiger partial charge in [-0.15, -0.1) is 0 Å². The second kappa shape index (κ2) is 6.64. The highest BCUT2D eigenvalue weighted by Gasteiger charge is 2.42. The third kappa shape index (κ3) is 3.91. The molecular weight excluding hydrogens is 378 g/mol. The van der Waals surface area contributed by atoms with Gasteiger partial charge in [-0.25, -0.2) is 4.79 Å². The van der Waals surface area contributed by atoms with Gasteiger partial charge < -0.3 is 9.15 Å². The lowest BCUT2D eigenvalue weighted by atomic mass is 10.1. The molecule has 9 heteroatoms. The maximum Gasteiger partial charge on any atom is 0.420 e. The largest absolute Gasteiger partial charge is 0.455 e. The molecule has 0 aliphatic carbocycles. The van der Waals surface area contributed by atoms with Crippen LogP contribution in [-0.4, -0.2) is 5.97 Å². The number of furan rings is 1. The predicted octanol–water partition coefficient (Wildman–Crippen LogP) is 5.83. The maximum absolute atomic E-state index is 13.4. The highest BCUT2D eigenvalue weighted by Crippen LogP contribution is 2.42. The van der Waals surface area contributed by atoms with Crippen molar-refractivity contribution >= 4 is 16.9 Å². The van der Waals surface area contributed by atoms with Gasteiger partial charge in [0.05, 0.1) is 5.56 Å². The molecule has 0 bridgehead atoms. The first kappa shape index (κ1) is 18.8. The molecule has 0 saturated heterocycles. The van der Waals surface area contributed by atoms with Crippen LogP contribution < -0.4 is 0 Å². The summed E-state index contributed by atoms with van der Waals surface area (Å²) >= 11 is 0. The smallest absolute Gasteiger partial charge is 0.420 e. The summed E-state index contributed by atoms with van der Waals surface area (Å²) in [5.41, 5.74) is -2.86. The molecule has 0 aliphatic rings. The highest BCUT2D eigenvalue weighted by atomic mass is 19.4. The zero-order valence-corrected chi connectivity index (χ0v) is 13.3. The molecule has 1 heterocycles. The van der Waals surface area contributed by atoms with Crippen molar-refractivity contribution in [2.75, 3.05) is 0 Å². The third-order valence-corrected chi connectivity index (χ3v) is 3.70. The topological polar surface area (TPSA) is 39.4 Å². The molecule has 0 fully saturated rings. The Balaban J connectivity index is 2.02. The lowest BCUT2D eigenvalue weighted by Crippen LogP contribution is -2.13. The minimum Gasteiger partial charge on any atom is -0.455 e. The SMILES string of the molecule is O=C(OCc1ccccc1)c1oc2ccc(C(F)(F)F)cc2c1C(F)(F)F. The van der Waals surface area contributed by atoms with Gasteiger partial charge in [0.25, 0.3) is 0 Å². The van der Waals surface area contributed by atoms with E-state index in [4.69, 9.17) is 9.15 Å². The van der Waals surface area contributed by atoms with Crippen molar-refractivity contribution in [1.82, 2.24) is 0 Å². The molecule has 0 spiro atoms. The average Bonchev–Trinajstić information content (AvgIpc) is 2.99. The Bertz CT molecular complexity index is 970. The van der Waals surface area contributed by atoms with Gasteiger partial charge in [0, 0.05) is 5.39 Å². The second-order valence-electron chi connectivity index (χ2n) is 5.57. The first-order chi connectivity index (χ1) is 12.6. The molecule has 3 rings (SSSR count). The molecule has 0 atom stereocenters. The van der Waals surface area contributed by atoms with Crippen molar-refractivity contribution in [2.24, 2.45) is 0 Å². The van der Waals surface area contributed by atoms with Gasteiger partial charge in [-0.05, 0) is 23.8 Å². The van der Waals surface area contributed by atoms with E-state index in [1.54, 1.807) is 30.3 Å². The summed E-state index contributed by atoms with van der Waals surface area (Å²) < 4.78 is 88.4. The summed E-state index contributed by atoms with van der Waals surface area (Å²) in [6, 6.07) is 9.78. The normalized spacial score (nSPS) is 12.4. The van der Waals surface area contributed by atoms with Crippen LogP contribution in [-0.2, 0) is 23.7 Å². The Hall–Kier alpha value is -2.97. The Labute approximate surface area is 148 Å². The van der Waals surface area contributed by atoms with Crippen molar-refractivity contribution in [2.45, 2.75) is 19.0 Å². The summed E-state index contributed by atoms with van der Waals surface area (Å²) in [5, 5.41) is -0.857. The van der Waals surface area contributed by atoms with Crippen LogP contribution in [0, 0.1) is 0 Å². The van der Waals surface area contributed by atoms with Crippen molar-refractivity contribution in [1.29, 1.82) is 0 Å². The Kier molecular flexibility index (Phi) is 4.63. The van der Waals surface area contributed by atoms with Crippen LogP contribution in [0.25, 0.3) is 11.0 Å². The number of hydrogen-bond acceptors (Lipinski definition) is 3. The molecule has 0 radical (unpaired) electrons. The number of fused-ring (bicyclic) bond motifs is 1. The van der Waals surface area contributed by atoms with E-state index in [0.29, 0.717) is 17.7 Å². The number of carbonyl (C=O) groups excluding carboxylic acids is 1. The molecule has 0 aliphatic heterocycles. The van der Waals surface area contributed by atoms with E-state index in [9.17, 15) is 31.1 Å². The zero-order chi connectivity index (χ0) is 19.8. The molecule has 0 N–H and O–H groups in total. The molecule has 1 aromatic heterocycles. The third-order valence-electron chi connectivity index (χ3n) is 3.70. The van der Waals surface area contributed by atoms with Crippen molar-refractivity contribution in [3.05, 3.63) is 71.0 Å². The molecular formula is C18H10F6O3. The van der Waals surface area contributed by atoms with E-state index < -0.39 is 46.2 Å². The van der Waals surface area contributed by atoms with Gasteiger partial charge in [-0.1, -0.05) is 30.3 Å². The average molecular weight is 388 g/mol. The molecule has 27 heavy (non-hydrogen) atoms. The second-order valence-corrected chi connectivity index (χ2v) is 5.57. The summed E-state index contributed by atoms with van der Waals surface area (Å²) in [7, 11) is 0. The van der Waals surface area contributed by atoms with Gasteiger partial charge in [0.15, 0.2) is 0 Å². The Morgan fingerprint density at radius 3 is 2.19 bits per heavy atom. The number of benzene rings is 2. The quantitative estimate of drug-likeness (QED) is 0.419. The van der Waals surface area contributed by atoms with E-state index in [-0.39, 0.29) is 6.61 Å². The summed E-state index contributed by atoms with van der Waals surface area (Å²) in [5.74, 6) is -2.61. The van der Waals surface area contributed by atoms with E-state index >= 15 is 0 Å². The van der Waals surface area contributed by atoms with Crippen LogP contribution in [0.1, 0.15) is 27.2 Å². The Morgan fingerprint density at radius 1 is 0.926 bits per heavy atom. The fraction of sp³-hybridized carbons (Fsp3) is 0.167. The van der Waals surface area contributed by atoms with Crippen molar-refractivity contribution in [3.8, 4) is 0 Å². The monoisotopic (exact) mass is 388 g/mol. The van der Waals surface area contributed by atoms with Gasteiger partial charge >= 0.3 is 18.3 Å². The number of ether oxygens (including phenoxy) is 1. The van der Waals surface area contributed by atoms with Crippen LogP contribution in [0.15, 0.2) is 52.9 Å². The number of carbonyl (C=O) groups is 1. The number of alkyl halides is 6. The van der Waals surface area contributed by atoms with Gasteiger partial charge in [-0.2, -0.15) is 26.3 Å². The standard InChI is InChI=1S/C18H10F6O3/c19-17(20,21)11-6-7-13-12(8-11)14(18(22,23)24)15(27-13)16(25)26-9-10-4-2-1-3-5-10/h1-8H,9H2. The van der Waals surface area contributed by atoms with E-state index in [1.807, 2.05) is 0 Å². The number of rotatable bonds is 3. The lowest BCUT2D eigenvalue weighted by Gasteiger charge is -2.09. The fourth-order valence-electron chi connectivity index (χ4n) is 2.49. The first-order valence-corrected chi connectivity index (χ1v) is 7.49. The number of esters is 1. The fourth-order valence-corrected chi connectivity index (χ4v) is 2.49. The summed E-state index contributed by atoms with van der Waals surface area (Å²) in [6.45, 7) is -0.318. The summed E-state index contributed by atoms with van der Waals surface area (Å²) in [6.07, 6.45) is -9.96. The van der Waals surface area contributed by atoms with Crippen LogP contribution in [0.3, 0.4) is 0 Å². The van der Waals surface area contributed by atoms with Gasteiger partial charge in [0.2, 0.25) is 5.76 Å². The molecule has 3 nitrogen and oxygen atoms in total. The van der Waals surface area contributed by atoms with Crippen LogP contribution in [0.2, 0.25) is 0 Å². The van der Waals surface area contributed by atoms with Crippen molar-refractivity contribution in [3.63, 3.8) is 0 Å². The van der Waals surface area contributed by atoms with E-state index in [0.717, 1.165) is 6.07 Å². The molecule has 3 aromatic rings. The predicted molar refractivity (Wildman–Crippen MR) is 81.8 cm³/mol. The Morgan fingerprint density at radius 2 is 1.59 bits per heavy atom. The molecule has 2 aromatic carbocycles. The van der Waals surface area contributed by atoms with Gasteiger partial charge in [-0.3, -0.25) is 0 Å². The van der Waals surface area contributed by atoms with Gasteiger partial charge in [0.1, 0.15) is 17.8 Å². The number of hydrogen-bond donors (Lipinski definition) is 0. The van der Waals surface area contributed by atoms with Crippen LogP contribution in [0.5, 0.6) is 0 Å². The highest BCUT2D eigenvalue weighted by molar-refractivity contribution is 5.96. The molecule has 142 valence electrons. The van der Waals surface area contributed by atoms with Crippen LogP contribution in [0.4, 0.5) is 26.3 Å². The summed E-state index contributed by atoms with van der Waals surface area (Å²) in [4.78, 5) is 12.1. The van der Waals surface area contributed by atoms with Crippen LogP contribution >= 0.6 is 0 Å². The lowest BCUT2D eigenvalue weighted by molar-refractivity contribution is -0.139. The number of halogens is 6. The minimum atomic E-state index is -5.11. The zero-order valence-electron chi connectivity index (χ0n) is 13.3. The maximum atomic E-state index is 13.4. The molecule has 0 saturated carbocycles.